The SMILES string of the molecule is CCCCCCCC(=O)OCC[C@H]1CC(O)C(C)C/C=C/Cc2cccc(O)c2C(=O)O1. The molecule has 1 aliphatic heterocycles. The molecule has 6 nitrogen and oxygen atoms in total. The molecule has 1 heterocycles. The van der Waals surface area contributed by atoms with Gasteiger partial charge in [-0.3, -0.25) is 4.79 Å². The Kier molecular flexibility index (Phi) is 11.3. The van der Waals surface area contributed by atoms with Gasteiger partial charge < -0.3 is 19.7 Å². The van der Waals surface area contributed by atoms with Crippen LogP contribution in [0.3, 0.4) is 0 Å². The number of phenols is 1. The first kappa shape index (κ1) is 25.9. The van der Waals surface area contributed by atoms with Gasteiger partial charge in [-0.05, 0) is 36.8 Å². The number of carbonyl (C=O) groups excluding carboxylic acids is 2. The van der Waals surface area contributed by atoms with Gasteiger partial charge in [-0.15, -0.1) is 0 Å². The number of rotatable bonds is 9. The molecule has 0 radical (unpaired) electrons. The molecule has 1 aromatic carbocycles. The summed E-state index contributed by atoms with van der Waals surface area (Å²) in [6, 6.07) is 4.96. The van der Waals surface area contributed by atoms with E-state index in [1.807, 2.05) is 19.1 Å². The van der Waals surface area contributed by atoms with Crippen LogP contribution in [-0.4, -0.2) is 41.0 Å². The number of benzene rings is 1. The lowest BCUT2D eigenvalue weighted by atomic mass is 9.94. The first-order valence-corrected chi connectivity index (χ1v) is 11.9. The zero-order valence-electron chi connectivity index (χ0n) is 19.4. The Labute approximate surface area is 191 Å². The van der Waals surface area contributed by atoms with Crippen molar-refractivity contribution >= 4 is 11.9 Å². The minimum Gasteiger partial charge on any atom is -0.507 e. The summed E-state index contributed by atoms with van der Waals surface area (Å²) in [5, 5.41) is 20.8. The van der Waals surface area contributed by atoms with Crippen LogP contribution in [0.1, 0.15) is 87.6 Å². The number of cyclic esters (lactones) is 1. The fourth-order valence-corrected chi connectivity index (χ4v) is 3.86. The smallest absolute Gasteiger partial charge is 0.342 e. The number of aliphatic hydroxyl groups is 1. The predicted molar refractivity (Wildman–Crippen MR) is 124 cm³/mol. The number of hydrogen-bond acceptors (Lipinski definition) is 6. The Balaban J connectivity index is 1.99. The first-order valence-electron chi connectivity index (χ1n) is 11.9. The largest absolute Gasteiger partial charge is 0.507 e. The Morgan fingerprint density at radius 2 is 1.97 bits per heavy atom. The summed E-state index contributed by atoms with van der Waals surface area (Å²) >= 11 is 0. The van der Waals surface area contributed by atoms with E-state index < -0.39 is 18.2 Å². The second-order valence-electron chi connectivity index (χ2n) is 8.70. The molecular weight excluding hydrogens is 408 g/mol. The van der Waals surface area contributed by atoms with Crippen LogP contribution < -0.4 is 0 Å². The number of carbonyl (C=O) groups is 2. The summed E-state index contributed by atoms with van der Waals surface area (Å²) in [5.74, 6) is -0.997. The lowest BCUT2D eigenvalue weighted by molar-refractivity contribution is -0.144. The molecule has 2 N–H and O–H groups in total. The van der Waals surface area contributed by atoms with Crippen molar-refractivity contribution in [2.45, 2.75) is 90.3 Å². The van der Waals surface area contributed by atoms with E-state index in [0.29, 0.717) is 31.2 Å². The number of ether oxygens (including phenoxy) is 2. The van der Waals surface area contributed by atoms with Crippen LogP contribution in [0.25, 0.3) is 0 Å². The van der Waals surface area contributed by atoms with Crippen molar-refractivity contribution in [3.63, 3.8) is 0 Å². The third kappa shape index (κ3) is 8.65. The molecule has 1 aromatic rings. The van der Waals surface area contributed by atoms with Crippen molar-refractivity contribution in [1.82, 2.24) is 0 Å². The van der Waals surface area contributed by atoms with Gasteiger partial charge in [0.25, 0.3) is 0 Å². The monoisotopic (exact) mass is 446 g/mol. The molecule has 32 heavy (non-hydrogen) atoms. The summed E-state index contributed by atoms with van der Waals surface area (Å²) in [6.07, 6.45) is 10.1. The number of hydrogen-bond donors (Lipinski definition) is 2. The maximum atomic E-state index is 12.9. The lowest BCUT2D eigenvalue weighted by Gasteiger charge is -2.25. The summed E-state index contributed by atoms with van der Waals surface area (Å²) in [6.45, 7) is 4.23. The number of allylic oxidation sites excluding steroid dienone is 2. The molecule has 0 spiro atoms. The Hall–Kier alpha value is -2.34. The number of esters is 2. The molecule has 0 aromatic heterocycles. The van der Waals surface area contributed by atoms with E-state index in [-0.39, 0.29) is 36.2 Å². The van der Waals surface area contributed by atoms with Crippen LogP contribution in [0.4, 0.5) is 0 Å². The highest BCUT2D eigenvalue weighted by Gasteiger charge is 2.26. The second-order valence-corrected chi connectivity index (χ2v) is 8.70. The molecule has 0 saturated carbocycles. The minimum absolute atomic E-state index is 0.00111. The quantitative estimate of drug-likeness (QED) is 0.311. The third-order valence-corrected chi connectivity index (χ3v) is 5.97. The van der Waals surface area contributed by atoms with E-state index in [0.717, 1.165) is 25.7 Å². The van der Waals surface area contributed by atoms with Gasteiger partial charge >= 0.3 is 11.9 Å². The molecule has 178 valence electrons. The molecule has 0 saturated heterocycles. The van der Waals surface area contributed by atoms with Crippen LogP contribution >= 0.6 is 0 Å². The molecule has 2 unspecified atom stereocenters. The summed E-state index contributed by atoms with van der Waals surface area (Å²) in [4.78, 5) is 24.9. The Morgan fingerprint density at radius 1 is 1.19 bits per heavy atom. The highest BCUT2D eigenvalue weighted by Crippen LogP contribution is 2.26. The van der Waals surface area contributed by atoms with Crippen molar-refractivity contribution in [3.8, 4) is 5.75 Å². The van der Waals surface area contributed by atoms with E-state index in [1.165, 1.54) is 12.5 Å². The van der Waals surface area contributed by atoms with Crippen molar-refractivity contribution in [2.75, 3.05) is 6.61 Å². The molecule has 0 bridgehead atoms. The van der Waals surface area contributed by atoms with E-state index in [2.05, 4.69) is 6.92 Å². The zero-order chi connectivity index (χ0) is 23.3. The topological polar surface area (TPSA) is 93.1 Å². The second kappa shape index (κ2) is 13.9. The number of aliphatic hydroxyl groups excluding tert-OH is 1. The maximum absolute atomic E-state index is 12.9. The molecule has 3 atom stereocenters. The van der Waals surface area contributed by atoms with Gasteiger partial charge in [0.2, 0.25) is 0 Å². The lowest BCUT2D eigenvalue weighted by Crippen LogP contribution is -2.29. The van der Waals surface area contributed by atoms with Gasteiger partial charge in [0.05, 0.1) is 12.7 Å². The highest BCUT2D eigenvalue weighted by molar-refractivity contribution is 5.94. The molecular formula is C26H38O6. The van der Waals surface area contributed by atoms with Crippen LogP contribution in [0.15, 0.2) is 30.4 Å². The molecule has 1 aliphatic rings. The number of phenolic OH excluding ortho intramolecular Hbond substituents is 1. The molecule has 0 amide bonds. The van der Waals surface area contributed by atoms with E-state index >= 15 is 0 Å². The van der Waals surface area contributed by atoms with Crippen LogP contribution in [-0.2, 0) is 20.7 Å². The normalized spacial score (nSPS) is 22.7. The van der Waals surface area contributed by atoms with Crippen molar-refractivity contribution < 1.29 is 29.3 Å². The van der Waals surface area contributed by atoms with Gasteiger partial charge in [-0.25, -0.2) is 4.79 Å². The average Bonchev–Trinajstić information content (AvgIpc) is 2.75. The predicted octanol–water partition coefficient (Wildman–Crippen LogP) is 5.10. The minimum atomic E-state index is -0.657. The third-order valence-electron chi connectivity index (χ3n) is 5.97. The van der Waals surface area contributed by atoms with Gasteiger partial charge in [-0.1, -0.05) is 63.8 Å². The maximum Gasteiger partial charge on any atom is 0.342 e. The van der Waals surface area contributed by atoms with Gasteiger partial charge in [-0.2, -0.15) is 0 Å². The van der Waals surface area contributed by atoms with Gasteiger partial charge in [0.1, 0.15) is 17.4 Å². The van der Waals surface area contributed by atoms with Crippen LogP contribution in [0, 0.1) is 5.92 Å². The van der Waals surface area contributed by atoms with Crippen LogP contribution in [0.5, 0.6) is 5.75 Å². The number of aromatic hydroxyl groups is 1. The average molecular weight is 447 g/mol. The summed E-state index contributed by atoms with van der Waals surface area (Å²) in [7, 11) is 0. The molecule has 6 heteroatoms. The van der Waals surface area contributed by atoms with Crippen LogP contribution in [0.2, 0.25) is 0 Å². The number of fused-ring (bicyclic) bond motifs is 1. The van der Waals surface area contributed by atoms with Crippen molar-refractivity contribution in [1.29, 1.82) is 0 Å². The van der Waals surface area contributed by atoms with Gasteiger partial charge in [0, 0.05) is 19.3 Å². The molecule has 0 fully saturated rings. The Bertz CT molecular complexity index is 757. The van der Waals surface area contributed by atoms with E-state index in [1.54, 1.807) is 12.1 Å². The van der Waals surface area contributed by atoms with E-state index in [4.69, 9.17) is 9.47 Å². The first-order chi connectivity index (χ1) is 15.4. The highest BCUT2D eigenvalue weighted by atomic mass is 16.6. The van der Waals surface area contributed by atoms with Crippen molar-refractivity contribution in [2.24, 2.45) is 5.92 Å². The summed E-state index contributed by atoms with van der Waals surface area (Å²) < 4.78 is 11.0. The fourth-order valence-electron chi connectivity index (χ4n) is 3.86. The standard InChI is InChI=1S/C26H38O6/c1-3-4-5-6-7-15-24(29)31-17-16-21-18-23(28)19(2)11-8-9-12-20-13-10-14-22(27)25(20)26(30)32-21/h8-10,13-14,19,21,23,27-28H,3-7,11-12,15-18H2,1-2H3/b9-8+/t19?,21-,23?/m0/s1. The van der Waals surface area contributed by atoms with Crippen molar-refractivity contribution in [3.05, 3.63) is 41.5 Å². The van der Waals surface area contributed by atoms with Gasteiger partial charge in [0.15, 0.2) is 0 Å². The fraction of sp³-hybridized carbons (Fsp3) is 0.615. The molecule has 2 rings (SSSR count). The number of unbranched alkanes of at least 4 members (excludes halogenated alkanes) is 4. The Morgan fingerprint density at radius 3 is 2.75 bits per heavy atom. The summed E-state index contributed by atoms with van der Waals surface area (Å²) in [5.41, 5.74) is 0.836. The molecule has 0 aliphatic carbocycles. The zero-order valence-corrected chi connectivity index (χ0v) is 19.4. The van der Waals surface area contributed by atoms with E-state index in [9.17, 15) is 19.8 Å².